The maximum atomic E-state index is 11.0. The van der Waals surface area contributed by atoms with Gasteiger partial charge in [-0.2, -0.15) is 0 Å². The third-order valence-electron chi connectivity index (χ3n) is 3.92. The minimum atomic E-state index is -0.948. The second kappa shape index (κ2) is 7.21. The molecule has 1 aromatic carbocycles. The van der Waals surface area contributed by atoms with E-state index in [-0.39, 0.29) is 0 Å². The Kier molecular flexibility index (Phi) is 4.78. The summed E-state index contributed by atoms with van der Waals surface area (Å²) in [5.74, 6) is 0.489. The highest BCUT2D eigenvalue weighted by atomic mass is 35.5. The van der Waals surface area contributed by atoms with Crippen LogP contribution in [0.2, 0.25) is 9.36 Å². The van der Waals surface area contributed by atoms with Gasteiger partial charge in [0.25, 0.3) is 0 Å². The summed E-state index contributed by atoms with van der Waals surface area (Å²) in [5.41, 5.74) is 2.57. The second-order valence-electron chi connectivity index (χ2n) is 5.57. The van der Waals surface area contributed by atoms with Gasteiger partial charge in [-0.1, -0.05) is 46.6 Å². The summed E-state index contributed by atoms with van der Waals surface area (Å²) in [5, 5.41) is 15.9. The van der Waals surface area contributed by atoms with Crippen molar-refractivity contribution in [3.8, 4) is 21.9 Å². The zero-order valence-corrected chi connectivity index (χ0v) is 15.6. The van der Waals surface area contributed by atoms with Gasteiger partial charge in [-0.05, 0) is 30.3 Å². The largest absolute Gasteiger partial charge is 0.383 e. The van der Waals surface area contributed by atoms with Crippen LogP contribution in [0.25, 0.3) is 21.9 Å². The molecule has 4 nitrogen and oxygen atoms in total. The lowest BCUT2D eigenvalue weighted by Crippen LogP contribution is -2.02. The van der Waals surface area contributed by atoms with Crippen molar-refractivity contribution in [1.29, 1.82) is 0 Å². The monoisotopic (exact) mass is 402 g/mol. The standard InChI is InChI=1S/C19H12Cl2N2O2S/c20-13-5-3-11(4-6-13)17-16(18(24)12-2-1-9-22-10-12)19(25-23-17)14-7-8-15(21)26-14/h1-10,18,24H. The molecule has 3 aromatic heterocycles. The summed E-state index contributed by atoms with van der Waals surface area (Å²) in [6.45, 7) is 0. The molecule has 0 fully saturated rings. The number of aromatic nitrogens is 2. The summed E-state index contributed by atoms with van der Waals surface area (Å²) < 4.78 is 6.24. The molecule has 3 heterocycles. The van der Waals surface area contributed by atoms with Crippen molar-refractivity contribution in [1.82, 2.24) is 10.1 Å². The molecule has 26 heavy (non-hydrogen) atoms. The van der Waals surface area contributed by atoms with Crippen molar-refractivity contribution in [3.05, 3.63) is 81.4 Å². The Morgan fingerprint density at radius 3 is 2.50 bits per heavy atom. The van der Waals surface area contributed by atoms with E-state index >= 15 is 0 Å². The van der Waals surface area contributed by atoms with E-state index in [1.54, 1.807) is 36.7 Å². The van der Waals surface area contributed by atoms with Gasteiger partial charge in [0.15, 0.2) is 5.76 Å². The number of hydrogen-bond acceptors (Lipinski definition) is 5. The van der Waals surface area contributed by atoms with Crippen LogP contribution in [0.5, 0.6) is 0 Å². The highest BCUT2D eigenvalue weighted by Crippen LogP contribution is 2.42. The molecule has 4 rings (SSSR count). The fourth-order valence-electron chi connectivity index (χ4n) is 2.69. The van der Waals surface area contributed by atoms with Crippen LogP contribution in [0.1, 0.15) is 17.2 Å². The van der Waals surface area contributed by atoms with Crippen LogP contribution in [0.3, 0.4) is 0 Å². The van der Waals surface area contributed by atoms with Crippen molar-refractivity contribution < 1.29 is 9.63 Å². The molecule has 0 aliphatic heterocycles. The minimum absolute atomic E-state index is 0.489. The van der Waals surface area contributed by atoms with E-state index in [1.807, 2.05) is 24.3 Å². The van der Waals surface area contributed by atoms with Crippen LogP contribution < -0.4 is 0 Å². The molecule has 1 atom stereocenters. The van der Waals surface area contributed by atoms with Gasteiger partial charge in [-0.25, -0.2) is 0 Å². The first-order chi connectivity index (χ1) is 12.6. The zero-order chi connectivity index (χ0) is 18.1. The van der Waals surface area contributed by atoms with Crippen molar-refractivity contribution in [2.24, 2.45) is 0 Å². The fraction of sp³-hybridized carbons (Fsp3) is 0.0526. The number of hydrogen-bond donors (Lipinski definition) is 1. The van der Waals surface area contributed by atoms with Crippen LogP contribution in [0.4, 0.5) is 0 Å². The molecule has 4 aromatic rings. The zero-order valence-electron chi connectivity index (χ0n) is 13.3. The summed E-state index contributed by atoms with van der Waals surface area (Å²) >= 11 is 13.4. The first kappa shape index (κ1) is 17.2. The number of aliphatic hydroxyl groups excluding tert-OH is 1. The lowest BCUT2D eigenvalue weighted by molar-refractivity contribution is 0.220. The van der Waals surface area contributed by atoms with Crippen LogP contribution in [-0.2, 0) is 0 Å². The van der Waals surface area contributed by atoms with Crippen molar-refractivity contribution in [2.75, 3.05) is 0 Å². The first-order valence-electron chi connectivity index (χ1n) is 7.72. The Hall–Kier alpha value is -2.18. The molecular weight excluding hydrogens is 391 g/mol. The molecule has 0 spiro atoms. The maximum absolute atomic E-state index is 11.0. The number of thiophene rings is 1. The molecule has 1 N–H and O–H groups in total. The molecule has 7 heteroatoms. The quantitative estimate of drug-likeness (QED) is 0.464. The summed E-state index contributed by atoms with van der Waals surface area (Å²) in [6, 6.07) is 14.4. The molecule has 0 saturated heterocycles. The number of aliphatic hydroxyl groups is 1. The number of rotatable bonds is 4. The topological polar surface area (TPSA) is 59.2 Å². The summed E-state index contributed by atoms with van der Waals surface area (Å²) in [4.78, 5) is 4.88. The van der Waals surface area contributed by atoms with E-state index in [2.05, 4.69) is 10.1 Å². The van der Waals surface area contributed by atoms with E-state index in [1.165, 1.54) is 11.3 Å². The van der Waals surface area contributed by atoms with Crippen molar-refractivity contribution in [3.63, 3.8) is 0 Å². The highest BCUT2D eigenvalue weighted by Gasteiger charge is 2.27. The van der Waals surface area contributed by atoms with Crippen LogP contribution in [0.15, 0.2) is 65.4 Å². The Labute approximate surface area is 163 Å². The SMILES string of the molecule is OC(c1cccnc1)c1c(-c2ccc(Cl)cc2)noc1-c1ccc(Cl)s1. The molecule has 0 radical (unpaired) electrons. The highest BCUT2D eigenvalue weighted by molar-refractivity contribution is 7.19. The fourth-order valence-corrected chi connectivity index (χ4v) is 3.85. The average Bonchev–Trinajstić information content (AvgIpc) is 3.28. The van der Waals surface area contributed by atoms with Gasteiger partial charge < -0.3 is 9.63 Å². The van der Waals surface area contributed by atoms with Gasteiger partial charge in [0.2, 0.25) is 0 Å². The van der Waals surface area contributed by atoms with Crippen molar-refractivity contribution in [2.45, 2.75) is 6.10 Å². The molecule has 0 saturated carbocycles. The van der Waals surface area contributed by atoms with Crippen LogP contribution >= 0.6 is 34.5 Å². The van der Waals surface area contributed by atoms with Gasteiger partial charge in [0.05, 0.1) is 14.8 Å². The molecule has 130 valence electrons. The first-order valence-corrected chi connectivity index (χ1v) is 9.30. The number of pyridine rings is 1. The van der Waals surface area contributed by atoms with Gasteiger partial charge in [0, 0.05) is 28.5 Å². The second-order valence-corrected chi connectivity index (χ2v) is 7.73. The number of benzene rings is 1. The molecule has 0 aliphatic rings. The Morgan fingerprint density at radius 1 is 1.04 bits per heavy atom. The minimum Gasteiger partial charge on any atom is -0.383 e. The Bertz CT molecular complexity index is 1030. The third-order valence-corrected chi connectivity index (χ3v) is 5.40. The van der Waals surface area contributed by atoms with Gasteiger partial charge in [0.1, 0.15) is 11.8 Å². The lowest BCUT2D eigenvalue weighted by Gasteiger charge is -2.12. The van der Waals surface area contributed by atoms with Crippen molar-refractivity contribution >= 4 is 34.5 Å². The Morgan fingerprint density at radius 2 is 1.85 bits per heavy atom. The normalized spacial score (nSPS) is 12.3. The van der Waals surface area contributed by atoms with Crippen LogP contribution in [0, 0.1) is 0 Å². The average molecular weight is 403 g/mol. The number of nitrogens with zero attached hydrogens (tertiary/aromatic N) is 2. The predicted molar refractivity (Wildman–Crippen MR) is 104 cm³/mol. The van der Waals surface area contributed by atoms with E-state index in [4.69, 9.17) is 27.7 Å². The van der Waals surface area contributed by atoms with Gasteiger partial charge in [-0.15, -0.1) is 11.3 Å². The summed E-state index contributed by atoms with van der Waals surface area (Å²) in [6.07, 6.45) is 2.33. The molecule has 0 amide bonds. The Balaban J connectivity index is 1.90. The molecule has 0 aliphatic carbocycles. The lowest BCUT2D eigenvalue weighted by atomic mass is 9.97. The predicted octanol–water partition coefficient (Wildman–Crippen LogP) is 5.85. The summed E-state index contributed by atoms with van der Waals surface area (Å²) in [7, 11) is 0. The number of halogens is 2. The van der Waals surface area contributed by atoms with E-state index in [9.17, 15) is 5.11 Å². The van der Waals surface area contributed by atoms with E-state index < -0.39 is 6.10 Å². The van der Waals surface area contributed by atoms with Crippen LogP contribution in [-0.4, -0.2) is 15.2 Å². The molecule has 0 bridgehead atoms. The van der Waals surface area contributed by atoms with Gasteiger partial charge >= 0.3 is 0 Å². The third kappa shape index (κ3) is 3.27. The van der Waals surface area contributed by atoms with Gasteiger partial charge in [-0.3, -0.25) is 4.98 Å². The molecule has 1 unspecified atom stereocenters. The maximum Gasteiger partial charge on any atom is 0.183 e. The molecular formula is C19H12Cl2N2O2S. The van der Waals surface area contributed by atoms with E-state index in [0.29, 0.717) is 31.9 Å². The van der Waals surface area contributed by atoms with E-state index in [0.717, 1.165) is 10.4 Å². The smallest absolute Gasteiger partial charge is 0.183 e.